The van der Waals surface area contributed by atoms with E-state index in [1.165, 1.54) is 42.8 Å². The van der Waals surface area contributed by atoms with Crippen LogP contribution < -0.4 is 11.5 Å². The van der Waals surface area contributed by atoms with E-state index in [1.807, 2.05) is 36.5 Å². The number of hydrogen-bond acceptors (Lipinski definition) is 9. The average molecular weight is 575 g/mol. The van der Waals surface area contributed by atoms with Crippen LogP contribution in [0.2, 0.25) is 0 Å². The maximum absolute atomic E-state index is 10.2. The number of aromatic nitrogens is 6. The first-order valence-electron chi connectivity index (χ1n) is 13.6. The lowest BCUT2D eigenvalue weighted by Crippen LogP contribution is -2.04. The molecule has 11 nitrogen and oxygen atoms in total. The first-order valence-corrected chi connectivity index (χ1v) is 13.6. The van der Waals surface area contributed by atoms with Crippen molar-refractivity contribution in [3.8, 4) is 28.6 Å². The molecule has 0 saturated heterocycles. The van der Waals surface area contributed by atoms with Gasteiger partial charge in [-0.3, -0.25) is 14.2 Å². The Morgan fingerprint density at radius 2 is 1.72 bits per heavy atom. The van der Waals surface area contributed by atoms with Gasteiger partial charge in [0.25, 0.3) is 0 Å². The number of benzene rings is 2. The van der Waals surface area contributed by atoms with Crippen LogP contribution in [-0.4, -0.2) is 54.0 Å². The summed E-state index contributed by atoms with van der Waals surface area (Å²) < 4.78 is 3.83. The molecule has 4 heterocycles. The van der Waals surface area contributed by atoms with Gasteiger partial charge in [0.15, 0.2) is 23.6 Å². The molecule has 0 amide bonds. The fourth-order valence-electron chi connectivity index (χ4n) is 4.95. The van der Waals surface area contributed by atoms with E-state index in [1.54, 1.807) is 17.1 Å². The van der Waals surface area contributed by atoms with E-state index < -0.39 is 0 Å². The number of phenolic OH excluding ortho intramolecular Hbond substituents is 1. The molecule has 11 heteroatoms. The third-order valence-electron chi connectivity index (χ3n) is 6.96. The number of nitrogens with two attached hydrogens (primary N) is 2. The van der Waals surface area contributed by atoms with Gasteiger partial charge in [0.05, 0.1) is 11.1 Å². The Kier molecular flexibility index (Phi) is 8.63. The SMILES string of the molecule is CN.Nc1ncccc1-c1nc2ccc(-n3cccn3)nc2n1-c1ccc2c(c1)CCC2.O=Cc1ccc(O)c(C=O)c1. The number of aromatic hydroxyl groups is 1. The van der Waals surface area contributed by atoms with Crippen molar-refractivity contribution in [3.05, 3.63) is 108 Å². The minimum atomic E-state index is -0.106. The topological polar surface area (TPSA) is 168 Å². The van der Waals surface area contributed by atoms with Crippen LogP contribution in [0, 0.1) is 0 Å². The summed E-state index contributed by atoms with van der Waals surface area (Å²) in [5, 5.41) is 13.3. The smallest absolute Gasteiger partial charge is 0.167 e. The van der Waals surface area contributed by atoms with E-state index in [9.17, 15) is 9.59 Å². The molecule has 216 valence electrons. The van der Waals surface area contributed by atoms with Crippen LogP contribution in [0.1, 0.15) is 38.3 Å². The van der Waals surface area contributed by atoms with Gasteiger partial charge in [0, 0.05) is 29.8 Å². The van der Waals surface area contributed by atoms with Gasteiger partial charge >= 0.3 is 0 Å². The quantitative estimate of drug-likeness (QED) is 0.254. The van der Waals surface area contributed by atoms with Gasteiger partial charge in [-0.2, -0.15) is 5.10 Å². The molecule has 6 aromatic rings. The molecular formula is C32H30N8O3. The Morgan fingerprint density at radius 3 is 2.47 bits per heavy atom. The number of nitrogen functional groups attached to an aromatic ring is 1. The molecular weight excluding hydrogens is 544 g/mol. The van der Waals surface area contributed by atoms with Gasteiger partial charge in [-0.1, -0.05) is 6.07 Å². The summed E-state index contributed by atoms with van der Waals surface area (Å²) in [7, 11) is 1.50. The number of aldehydes is 2. The second-order valence-electron chi connectivity index (χ2n) is 9.53. The molecule has 0 atom stereocenters. The van der Waals surface area contributed by atoms with Gasteiger partial charge in [0.1, 0.15) is 23.4 Å². The summed E-state index contributed by atoms with van der Waals surface area (Å²) in [6.45, 7) is 0. The number of aryl methyl sites for hydroxylation is 2. The molecule has 2 aromatic carbocycles. The number of hydrogen-bond donors (Lipinski definition) is 3. The Balaban J connectivity index is 0.000000240. The van der Waals surface area contributed by atoms with Gasteiger partial charge < -0.3 is 16.6 Å². The van der Waals surface area contributed by atoms with Gasteiger partial charge in [-0.25, -0.2) is 19.6 Å². The minimum absolute atomic E-state index is 0.106. The summed E-state index contributed by atoms with van der Waals surface area (Å²) >= 11 is 0. The van der Waals surface area contributed by atoms with Crippen molar-refractivity contribution < 1.29 is 14.7 Å². The van der Waals surface area contributed by atoms with Gasteiger partial charge in [-0.05, 0) is 98.1 Å². The number of carbonyl (C=O) groups excluding carboxylic acids is 2. The Labute approximate surface area is 247 Å². The normalized spacial score (nSPS) is 11.6. The third-order valence-corrected chi connectivity index (χ3v) is 6.96. The molecule has 1 aliphatic rings. The number of fused-ring (bicyclic) bond motifs is 2. The lowest BCUT2D eigenvalue weighted by Gasteiger charge is -2.12. The standard InChI is InChI=1S/C23H19N7.C8H6O3.CH5N/c24-21-18(6-2-11-25-21)22-27-19-9-10-20(29-13-3-12-26-29)28-23(19)30(22)17-8-7-15-4-1-5-16(15)14-17;9-4-6-1-2-8(11)7(3-6)5-10;1-2/h2-3,6-14H,1,4-5H2,(H2,24,25);1-5,11H;2H2,1H3. The second kappa shape index (κ2) is 12.9. The summed E-state index contributed by atoms with van der Waals surface area (Å²) in [6.07, 6.45) is 9.88. The Morgan fingerprint density at radius 1 is 0.884 bits per heavy atom. The Hall–Kier alpha value is -5.68. The van der Waals surface area contributed by atoms with Crippen molar-refractivity contribution in [3.63, 3.8) is 0 Å². The van der Waals surface area contributed by atoms with E-state index in [0.717, 1.165) is 46.9 Å². The van der Waals surface area contributed by atoms with Gasteiger partial charge in [-0.15, -0.1) is 0 Å². The largest absolute Gasteiger partial charge is 0.507 e. The fraction of sp³-hybridized carbons (Fsp3) is 0.125. The molecule has 0 bridgehead atoms. The summed E-state index contributed by atoms with van der Waals surface area (Å²) in [6, 6.07) is 20.3. The number of imidazole rings is 1. The molecule has 0 aliphatic heterocycles. The number of phenols is 1. The van der Waals surface area contributed by atoms with Crippen molar-refractivity contribution in [1.29, 1.82) is 0 Å². The van der Waals surface area contributed by atoms with E-state index >= 15 is 0 Å². The zero-order valence-corrected chi connectivity index (χ0v) is 23.5. The number of nitrogens with zero attached hydrogens (tertiary/aromatic N) is 6. The number of carbonyl (C=O) groups is 2. The zero-order valence-electron chi connectivity index (χ0n) is 23.5. The van der Waals surface area contributed by atoms with Gasteiger partial charge in [0.2, 0.25) is 0 Å². The van der Waals surface area contributed by atoms with Crippen LogP contribution in [0.5, 0.6) is 5.75 Å². The summed E-state index contributed by atoms with van der Waals surface area (Å²) in [5.74, 6) is 1.81. The maximum Gasteiger partial charge on any atom is 0.167 e. The predicted molar refractivity (Wildman–Crippen MR) is 165 cm³/mol. The first kappa shape index (κ1) is 28.8. The molecule has 43 heavy (non-hydrogen) atoms. The Bertz CT molecular complexity index is 1900. The molecule has 4 aromatic heterocycles. The molecule has 1 aliphatic carbocycles. The molecule has 0 radical (unpaired) electrons. The zero-order chi connectivity index (χ0) is 30.3. The van der Waals surface area contributed by atoms with Crippen molar-refractivity contribution in [1.82, 2.24) is 29.3 Å². The lowest BCUT2D eigenvalue weighted by atomic mass is 10.1. The molecule has 7 rings (SSSR count). The molecule has 0 fully saturated rings. The van der Waals surface area contributed by atoms with Crippen molar-refractivity contribution in [2.45, 2.75) is 19.3 Å². The molecule has 0 saturated carbocycles. The van der Waals surface area contributed by atoms with Crippen molar-refractivity contribution in [2.75, 3.05) is 12.8 Å². The number of rotatable bonds is 5. The summed E-state index contributed by atoms with van der Waals surface area (Å²) in [5.41, 5.74) is 17.4. The summed E-state index contributed by atoms with van der Waals surface area (Å²) in [4.78, 5) is 34.5. The average Bonchev–Trinajstić information content (AvgIpc) is 3.82. The highest BCUT2D eigenvalue weighted by Crippen LogP contribution is 2.32. The predicted octanol–water partition coefficient (Wildman–Crippen LogP) is 4.33. The van der Waals surface area contributed by atoms with Crippen molar-refractivity contribution in [2.24, 2.45) is 5.73 Å². The lowest BCUT2D eigenvalue weighted by molar-refractivity contribution is 0.112. The van der Waals surface area contributed by atoms with E-state index in [2.05, 4.69) is 38.6 Å². The van der Waals surface area contributed by atoms with E-state index in [4.69, 9.17) is 20.8 Å². The highest BCUT2D eigenvalue weighted by Gasteiger charge is 2.20. The van der Waals surface area contributed by atoms with Crippen molar-refractivity contribution >= 4 is 29.6 Å². The number of pyridine rings is 2. The molecule has 0 spiro atoms. The van der Waals surface area contributed by atoms with Crippen LogP contribution in [0.4, 0.5) is 5.82 Å². The first-order chi connectivity index (χ1) is 21.1. The fourth-order valence-corrected chi connectivity index (χ4v) is 4.95. The van der Waals surface area contributed by atoms with Crippen LogP contribution in [0.15, 0.2) is 85.3 Å². The molecule has 5 N–H and O–H groups in total. The van der Waals surface area contributed by atoms with Crippen LogP contribution in [0.3, 0.4) is 0 Å². The third kappa shape index (κ3) is 5.88. The minimum Gasteiger partial charge on any atom is -0.507 e. The highest BCUT2D eigenvalue weighted by molar-refractivity contribution is 5.85. The highest BCUT2D eigenvalue weighted by atomic mass is 16.3. The number of anilines is 1. The van der Waals surface area contributed by atoms with E-state index in [0.29, 0.717) is 24.0 Å². The van der Waals surface area contributed by atoms with Crippen LogP contribution >= 0.6 is 0 Å². The van der Waals surface area contributed by atoms with Crippen LogP contribution in [0.25, 0.3) is 34.1 Å². The molecule has 0 unspecified atom stereocenters. The van der Waals surface area contributed by atoms with Crippen LogP contribution in [-0.2, 0) is 12.8 Å². The monoisotopic (exact) mass is 574 g/mol. The second-order valence-corrected chi connectivity index (χ2v) is 9.53. The maximum atomic E-state index is 10.2. The van der Waals surface area contributed by atoms with E-state index in [-0.39, 0.29) is 11.3 Å².